The maximum atomic E-state index is 12.5. The summed E-state index contributed by atoms with van der Waals surface area (Å²) in [5, 5.41) is 16.2. The molecule has 0 unspecified atom stereocenters. The first kappa shape index (κ1) is 19.2. The molecule has 5 heterocycles. The van der Waals surface area contributed by atoms with E-state index in [2.05, 4.69) is 15.0 Å². The van der Waals surface area contributed by atoms with Crippen molar-refractivity contribution in [3.05, 3.63) is 47.6 Å². The number of morpholine rings is 1. The number of aliphatic imine (C=N–C) groups is 1. The number of hydrogen-bond donors (Lipinski definition) is 1. The molecule has 30 heavy (non-hydrogen) atoms. The van der Waals surface area contributed by atoms with Gasteiger partial charge in [0.25, 0.3) is 5.91 Å². The Morgan fingerprint density at radius 2 is 2.10 bits per heavy atom. The molecule has 154 valence electrons. The first-order chi connectivity index (χ1) is 14.7. The highest BCUT2D eigenvalue weighted by molar-refractivity contribution is 8.26. The van der Waals surface area contributed by atoms with E-state index >= 15 is 0 Å². The smallest absolute Gasteiger partial charge is 0.283 e. The summed E-state index contributed by atoms with van der Waals surface area (Å²) >= 11 is 2.79. The largest absolute Gasteiger partial charge is 0.468 e. The fraction of sp³-hybridized carbons (Fsp3) is 0.263. The predicted octanol–water partition coefficient (Wildman–Crippen LogP) is 3.07. The molecule has 0 spiro atoms. The number of ether oxygens (including phenoxy) is 1. The number of hydrazone groups is 1. The van der Waals surface area contributed by atoms with Gasteiger partial charge in [-0.3, -0.25) is 10.2 Å². The summed E-state index contributed by atoms with van der Waals surface area (Å²) in [4.78, 5) is 18.7. The normalized spacial score (nSPS) is 20.6. The number of carbonyl (C=O) groups is 1. The lowest BCUT2D eigenvalue weighted by atomic mass is 10.1. The van der Waals surface area contributed by atoms with Gasteiger partial charge >= 0.3 is 0 Å². The Morgan fingerprint density at radius 1 is 1.23 bits per heavy atom. The van der Waals surface area contributed by atoms with Crippen LogP contribution < -0.4 is 0 Å². The molecule has 1 saturated heterocycles. The number of nitrogens with zero attached hydrogens (tertiary/aromatic N) is 4. The van der Waals surface area contributed by atoms with E-state index in [4.69, 9.17) is 19.0 Å². The second-order valence-corrected chi connectivity index (χ2v) is 8.44. The lowest BCUT2D eigenvalue weighted by Crippen LogP contribution is -2.39. The third-order valence-corrected chi connectivity index (χ3v) is 6.45. The van der Waals surface area contributed by atoms with Gasteiger partial charge in [-0.25, -0.2) is 0 Å². The number of nitrogens with one attached hydrogen (secondary N) is 1. The van der Waals surface area contributed by atoms with Crippen LogP contribution in [0.25, 0.3) is 6.08 Å². The molecule has 0 aromatic carbocycles. The first-order valence-electron chi connectivity index (χ1n) is 9.25. The molecule has 9 nitrogen and oxygen atoms in total. The topological polar surface area (TPSA) is 108 Å². The molecule has 1 amide bonds. The molecule has 0 radical (unpaired) electrons. The molecule has 3 aliphatic rings. The monoisotopic (exact) mass is 443 g/mol. The number of amidine groups is 3. The van der Waals surface area contributed by atoms with Gasteiger partial charge in [0.05, 0.1) is 30.8 Å². The van der Waals surface area contributed by atoms with Crippen molar-refractivity contribution in [2.75, 3.05) is 26.3 Å². The van der Waals surface area contributed by atoms with Crippen molar-refractivity contribution in [1.82, 2.24) is 9.91 Å². The van der Waals surface area contributed by atoms with Crippen molar-refractivity contribution < 1.29 is 18.4 Å². The Morgan fingerprint density at radius 3 is 2.90 bits per heavy atom. The molecule has 3 aliphatic heterocycles. The Kier molecular flexibility index (Phi) is 5.23. The molecule has 0 bridgehead atoms. The standard InChI is InChI=1S/C19H17N5O4S2/c20-16-14(10-12-3-4-15(28-12)29-11-13-2-1-7-27-13)17(25)21-18-24(16)22-19(30-18)23-5-8-26-9-6-23/h1-4,7,10,20H,5-6,8-9,11H2/b14-10-,20-16?. The number of furan rings is 2. The van der Waals surface area contributed by atoms with Crippen LogP contribution in [0.5, 0.6) is 0 Å². The second kappa shape index (κ2) is 8.17. The van der Waals surface area contributed by atoms with Gasteiger partial charge in [0.15, 0.2) is 16.1 Å². The van der Waals surface area contributed by atoms with Crippen LogP contribution in [0.15, 0.2) is 60.1 Å². The van der Waals surface area contributed by atoms with Gasteiger partial charge in [-0.1, -0.05) is 11.8 Å². The Bertz CT molecular complexity index is 1070. The van der Waals surface area contributed by atoms with Crippen LogP contribution in [-0.2, 0) is 15.3 Å². The number of amides is 1. The molecule has 0 saturated carbocycles. The maximum Gasteiger partial charge on any atom is 0.283 e. The summed E-state index contributed by atoms with van der Waals surface area (Å²) in [7, 11) is 0. The van der Waals surface area contributed by atoms with E-state index in [1.54, 1.807) is 12.3 Å². The minimum absolute atomic E-state index is 0.0121. The molecule has 1 N–H and O–H groups in total. The zero-order valence-corrected chi connectivity index (χ0v) is 17.4. The van der Waals surface area contributed by atoms with Gasteiger partial charge in [0.1, 0.15) is 11.5 Å². The van der Waals surface area contributed by atoms with E-state index in [-0.39, 0.29) is 11.4 Å². The Labute approximate surface area is 180 Å². The van der Waals surface area contributed by atoms with Gasteiger partial charge in [-0.15, -0.1) is 5.10 Å². The minimum atomic E-state index is -0.474. The summed E-state index contributed by atoms with van der Waals surface area (Å²) in [6.45, 7) is 2.71. The summed E-state index contributed by atoms with van der Waals surface area (Å²) in [5.74, 6) is 1.49. The van der Waals surface area contributed by atoms with E-state index in [0.29, 0.717) is 35.0 Å². The fourth-order valence-corrected chi connectivity index (χ4v) is 4.75. The van der Waals surface area contributed by atoms with Crippen molar-refractivity contribution in [3.8, 4) is 0 Å². The molecule has 0 atom stereocenters. The van der Waals surface area contributed by atoms with E-state index in [0.717, 1.165) is 24.0 Å². The van der Waals surface area contributed by atoms with Crippen LogP contribution >= 0.6 is 23.5 Å². The SMILES string of the molecule is N=C1/C(=C/c2ccc(SCc3ccco3)o2)C(=O)N=C2SC(N3CCOCC3)=NN12. The first-order valence-corrected chi connectivity index (χ1v) is 11.1. The van der Waals surface area contributed by atoms with Crippen molar-refractivity contribution in [3.63, 3.8) is 0 Å². The van der Waals surface area contributed by atoms with Crippen LogP contribution in [-0.4, -0.2) is 58.3 Å². The highest BCUT2D eigenvalue weighted by Gasteiger charge is 2.37. The quantitative estimate of drug-likeness (QED) is 0.567. The van der Waals surface area contributed by atoms with Gasteiger partial charge in [0, 0.05) is 13.1 Å². The minimum Gasteiger partial charge on any atom is -0.468 e. The zero-order chi connectivity index (χ0) is 20.5. The van der Waals surface area contributed by atoms with Crippen LogP contribution in [0.3, 0.4) is 0 Å². The van der Waals surface area contributed by atoms with E-state index in [1.165, 1.54) is 34.6 Å². The third kappa shape index (κ3) is 3.83. The molecule has 5 rings (SSSR count). The van der Waals surface area contributed by atoms with Crippen molar-refractivity contribution in [2.24, 2.45) is 10.1 Å². The fourth-order valence-electron chi connectivity index (χ4n) is 3.03. The molecule has 2 aromatic heterocycles. The van der Waals surface area contributed by atoms with Gasteiger partial charge < -0.3 is 18.5 Å². The van der Waals surface area contributed by atoms with Gasteiger partial charge in [-0.05, 0) is 42.1 Å². The second-order valence-electron chi connectivity index (χ2n) is 6.53. The van der Waals surface area contributed by atoms with Crippen molar-refractivity contribution >= 4 is 51.7 Å². The van der Waals surface area contributed by atoms with Crippen LogP contribution in [0.4, 0.5) is 0 Å². The summed E-state index contributed by atoms with van der Waals surface area (Å²) in [6.07, 6.45) is 3.17. The number of rotatable bonds is 4. The maximum absolute atomic E-state index is 12.5. The van der Waals surface area contributed by atoms with Crippen LogP contribution in [0, 0.1) is 5.41 Å². The van der Waals surface area contributed by atoms with E-state index < -0.39 is 5.91 Å². The Hall–Kier alpha value is -2.76. The average Bonchev–Trinajstić information content (AvgIpc) is 3.51. The molecule has 11 heteroatoms. The third-order valence-electron chi connectivity index (χ3n) is 4.55. The lowest BCUT2D eigenvalue weighted by Gasteiger charge is -2.26. The number of fused-ring (bicyclic) bond motifs is 1. The van der Waals surface area contributed by atoms with E-state index in [9.17, 15) is 4.79 Å². The number of hydrogen-bond acceptors (Lipinski definition) is 9. The summed E-state index contributed by atoms with van der Waals surface area (Å²) in [5.41, 5.74) is 0.142. The lowest BCUT2D eigenvalue weighted by molar-refractivity contribution is -0.114. The molecule has 2 aromatic rings. The summed E-state index contributed by atoms with van der Waals surface area (Å²) in [6, 6.07) is 7.33. The molecule has 1 fully saturated rings. The Balaban J connectivity index is 1.32. The highest BCUT2D eigenvalue weighted by atomic mass is 32.2. The molecular formula is C19H17N5O4S2. The van der Waals surface area contributed by atoms with Crippen LogP contribution in [0.2, 0.25) is 0 Å². The van der Waals surface area contributed by atoms with Crippen molar-refractivity contribution in [2.45, 2.75) is 10.8 Å². The summed E-state index contributed by atoms with van der Waals surface area (Å²) < 4.78 is 16.5. The number of thioether (sulfide) groups is 2. The van der Waals surface area contributed by atoms with Crippen LogP contribution in [0.1, 0.15) is 11.5 Å². The average molecular weight is 444 g/mol. The molecular weight excluding hydrogens is 426 g/mol. The van der Waals surface area contributed by atoms with Crippen molar-refractivity contribution in [1.29, 1.82) is 5.41 Å². The predicted molar refractivity (Wildman–Crippen MR) is 114 cm³/mol. The van der Waals surface area contributed by atoms with Gasteiger partial charge in [-0.2, -0.15) is 10.0 Å². The zero-order valence-electron chi connectivity index (χ0n) is 15.7. The van der Waals surface area contributed by atoms with Gasteiger partial charge in [0.2, 0.25) is 5.17 Å². The molecule has 0 aliphatic carbocycles. The number of carbonyl (C=O) groups excluding carboxylic acids is 1. The van der Waals surface area contributed by atoms with E-state index in [1.807, 2.05) is 18.2 Å². The highest BCUT2D eigenvalue weighted by Crippen LogP contribution is 2.31.